The molecule has 0 saturated carbocycles. The van der Waals surface area contributed by atoms with Crippen LogP contribution < -0.4 is 5.32 Å². The van der Waals surface area contributed by atoms with Gasteiger partial charge >= 0.3 is 5.97 Å². The fourth-order valence-corrected chi connectivity index (χ4v) is 2.18. The Morgan fingerprint density at radius 1 is 1.62 bits per heavy atom. The van der Waals surface area contributed by atoms with E-state index in [1.807, 2.05) is 11.8 Å². The number of amides is 1. The molecule has 16 heavy (non-hydrogen) atoms. The highest BCUT2D eigenvalue weighted by Gasteiger charge is 2.41. The monoisotopic (exact) mass is 228 g/mol. The lowest BCUT2D eigenvalue weighted by Crippen LogP contribution is -2.65. The van der Waals surface area contributed by atoms with Crippen molar-refractivity contribution in [3.8, 4) is 0 Å². The second kappa shape index (κ2) is 4.82. The van der Waals surface area contributed by atoms with Crippen molar-refractivity contribution in [3.05, 3.63) is 0 Å². The van der Waals surface area contributed by atoms with E-state index < -0.39 is 6.04 Å². The maximum Gasteiger partial charge on any atom is 0.307 e. The Labute approximate surface area is 96.1 Å². The molecular weight excluding hydrogens is 208 g/mol. The zero-order valence-electron chi connectivity index (χ0n) is 10.4. The van der Waals surface area contributed by atoms with Gasteiger partial charge in [0.1, 0.15) is 6.04 Å². The molecule has 1 saturated heterocycles. The fraction of sp³-hybridized carbons (Fsp3) is 0.818. The summed E-state index contributed by atoms with van der Waals surface area (Å²) in [4.78, 5) is 25.1. The van der Waals surface area contributed by atoms with E-state index in [0.29, 0.717) is 6.54 Å². The summed E-state index contributed by atoms with van der Waals surface area (Å²) in [7, 11) is 1.34. The van der Waals surface area contributed by atoms with Gasteiger partial charge in [0.05, 0.1) is 13.5 Å². The lowest BCUT2D eigenvalue weighted by molar-refractivity contribution is -0.148. The lowest BCUT2D eigenvalue weighted by Gasteiger charge is -2.46. The summed E-state index contributed by atoms with van der Waals surface area (Å²) in [5.41, 5.74) is -0.124. The summed E-state index contributed by atoms with van der Waals surface area (Å²) in [6.07, 6.45) is 0.111. The van der Waals surface area contributed by atoms with Crippen LogP contribution in [0.25, 0.3) is 0 Å². The Balaban J connectivity index is 2.83. The summed E-state index contributed by atoms with van der Waals surface area (Å²) in [6.45, 7) is 7.45. The number of piperazine rings is 1. The molecule has 0 aromatic rings. The van der Waals surface area contributed by atoms with Crippen molar-refractivity contribution < 1.29 is 14.3 Å². The maximum absolute atomic E-state index is 11.7. The lowest BCUT2D eigenvalue weighted by atomic mass is 9.94. The van der Waals surface area contributed by atoms with Crippen molar-refractivity contribution in [1.29, 1.82) is 0 Å². The van der Waals surface area contributed by atoms with Gasteiger partial charge in [0.25, 0.3) is 0 Å². The van der Waals surface area contributed by atoms with Crippen LogP contribution in [0, 0.1) is 0 Å². The van der Waals surface area contributed by atoms with E-state index in [4.69, 9.17) is 0 Å². The number of ether oxygens (including phenoxy) is 1. The number of nitrogens with one attached hydrogen (secondary N) is 1. The molecule has 1 N–H and O–H groups in total. The summed E-state index contributed by atoms with van der Waals surface area (Å²) < 4.78 is 4.62. The Bertz CT molecular complexity index is 289. The number of likely N-dealkylation sites (N-methyl/N-ethyl adjacent to an activating group) is 1. The van der Waals surface area contributed by atoms with E-state index >= 15 is 0 Å². The highest BCUT2D eigenvalue weighted by atomic mass is 16.5. The number of carbonyl (C=O) groups excluding carboxylic acids is 2. The molecule has 0 radical (unpaired) electrons. The number of methoxy groups -OCH3 is 1. The number of rotatable bonds is 3. The highest BCUT2D eigenvalue weighted by Crippen LogP contribution is 2.22. The van der Waals surface area contributed by atoms with E-state index in [0.717, 1.165) is 6.54 Å². The number of nitrogens with zero attached hydrogens (tertiary/aromatic N) is 1. The molecule has 1 fully saturated rings. The molecule has 0 aromatic heterocycles. The first-order valence-corrected chi connectivity index (χ1v) is 5.53. The number of esters is 1. The normalized spacial score (nSPS) is 25.0. The van der Waals surface area contributed by atoms with E-state index in [2.05, 4.69) is 23.9 Å². The van der Waals surface area contributed by atoms with Gasteiger partial charge in [-0.3, -0.25) is 14.5 Å². The minimum absolute atomic E-state index is 0.0911. The van der Waals surface area contributed by atoms with Gasteiger partial charge in [-0.25, -0.2) is 0 Å². The molecule has 1 amide bonds. The molecular formula is C11H20N2O3. The minimum atomic E-state index is -0.416. The number of hydrogen-bond donors (Lipinski definition) is 1. The molecule has 1 heterocycles. The second-order valence-corrected chi connectivity index (χ2v) is 4.61. The molecule has 5 nitrogen and oxygen atoms in total. The summed E-state index contributed by atoms with van der Waals surface area (Å²) in [5, 5.41) is 2.83. The Morgan fingerprint density at radius 3 is 2.75 bits per heavy atom. The van der Waals surface area contributed by atoms with Crippen molar-refractivity contribution in [1.82, 2.24) is 10.2 Å². The van der Waals surface area contributed by atoms with Crippen molar-refractivity contribution in [2.75, 3.05) is 20.2 Å². The minimum Gasteiger partial charge on any atom is -0.469 e. The quantitative estimate of drug-likeness (QED) is 0.698. The summed E-state index contributed by atoms with van der Waals surface area (Å²) in [6, 6.07) is -0.416. The second-order valence-electron chi connectivity index (χ2n) is 4.61. The van der Waals surface area contributed by atoms with E-state index in [1.165, 1.54) is 7.11 Å². The standard InChI is InChI=1S/C11H20N2O3/c1-5-13-8(6-9(14)16-4)10(15)12-7-11(13,2)3/h8H,5-7H2,1-4H3,(H,12,15). The van der Waals surface area contributed by atoms with Crippen molar-refractivity contribution >= 4 is 11.9 Å². The van der Waals surface area contributed by atoms with E-state index in [-0.39, 0.29) is 23.8 Å². The van der Waals surface area contributed by atoms with Crippen LogP contribution in [-0.2, 0) is 14.3 Å². The topological polar surface area (TPSA) is 58.6 Å². The van der Waals surface area contributed by atoms with Crippen molar-refractivity contribution in [2.45, 2.75) is 38.8 Å². The first-order chi connectivity index (χ1) is 7.42. The first-order valence-electron chi connectivity index (χ1n) is 5.53. The summed E-state index contributed by atoms with van der Waals surface area (Å²) >= 11 is 0. The average Bonchev–Trinajstić information content (AvgIpc) is 2.23. The van der Waals surface area contributed by atoms with E-state index in [1.54, 1.807) is 0 Å². The SMILES string of the molecule is CCN1C(CC(=O)OC)C(=O)NCC1(C)C. The van der Waals surface area contributed by atoms with Gasteiger partial charge in [-0.05, 0) is 20.4 Å². The van der Waals surface area contributed by atoms with Crippen LogP contribution >= 0.6 is 0 Å². The predicted molar refractivity (Wildman–Crippen MR) is 59.9 cm³/mol. The predicted octanol–water partition coefficient (Wildman–Crippen LogP) is 0.148. The third-order valence-electron chi connectivity index (χ3n) is 3.08. The third kappa shape index (κ3) is 2.52. The van der Waals surface area contributed by atoms with Crippen molar-refractivity contribution in [2.24, 2.45) is 0 Å². The van der Waals surface area contributed by atoms with Gasteiger partial charge < -0.3 is 10.1 Å². The molecule has 0 aromatic carbocycles. The van der Waals surface area contributed by atoms with Gasteiger partial charge in [0, 0.05) is 12.1 Å². The first kappa shape index (κ1) is 13.0. The van der Waals surface area contributed by atoms with Crippen LogP contribution in [0.5, 0.6) is 0 Å². The Hall–Kier alpha value is -1.10. The van der Waals surface area contributed by atoms with Crippen LogP contribution in [0.3, 0.4) is 0 Å². The number of hydrogen-bond acceptors (Lipinski definition) is 4. The zero-order chi connectivity index (χ0) is 12.3. The van der Waals surface area contributed by atoms with Crippen LogP contribution in [0.1, 0.15) is 27.2 Å². The Morgan fingerprint density at radius 2 is 2.25 bits per heavy atom. The van der Waals surface area contributed by atoms with Gasteiger partial charge in [-0.2, -0.15) is 0 Å². The Kier molecular flexibility index (Phi) is 3.91. The molecule has 1 aliphatic heterocycles. The van der Waals surface area contributed by atoms with Gasteiger partial charge in [-0.1, -0.05) is 6.92 Å². The van der Waals surface area contributed by atoms with Crippen molar-refractivity contribution in [3.63, 3.8) is 0 Å². The molecule has 0 bridgehead atoms. The molecule has 1 aliphatic rings. The average molecular weight is 228 g/mol. The molecule has 1 atom stereocenters. The molecule has 1 unspecified atom stereocenters. The smallest absolute Gasteiger partial charge is 0.307 e. The van der Waals surface area contributed by atoms with Crippen LogP contribution in [0.15, 0.2) is 0 Å². The van der Waals surface area contributed by atoms with Gasteiger partial charge in [0.15, 0.2) is 0 Å². The van der Waals surface area contributed by atoms with Gasteiger partial charge in [-0.15, -0.1) is 0 Å². The molecule has 1 rings (SSSR count). The van der Waals surface area contributed by atoms with E-state index in [9.17, 15) is 9.59 Å². The third-order valence-corrected chi connectivity index (χ3v) is 3.08. The highest BCUT2D eigenvalue weighted by molar-refractivity contribution is 5.87. The largest absolute Gasteiger partial charge is 0.469 e. The molecule has 0 spiro atoms. The van der Waals surface area contributed by atoms with Gasteiger partial charge in [0.2, 0.25) is 5.91 Å². The zero-order valence-corrected chi connectivity index (χ0v) is 10.4. The number of carbonyl (C=O) groups is 2. The van der Waals surface area contributed by atoms with Crippen LogP contribution in [-0.4, -0.2) is 48.6 Å². The molecule has 5 heteroatoms. The molecule has 92 valence electrons. The maximum atomic E-state index is 11.7. The summed E-state index contributed by atoms with van der Waals surface area (Å²) in [5.74, 6) is -0.442. The fourth-order valence-electron chi connectivity index (χ4n) is 2.18. The van der Waals surface area contributed by atoms with Crippen LogP contribution in [0.2, 0.25) is 0 Å². The van der Waals surface area contributed by atoms with Crippen LogP contribution in [0.4, 0.5) is 0 Å². The molecule has 0 aliphatic carbocycles.